The molecule has 0 aromatic carbocycles. The molecule has 0 aliphatic rings. The first kappa shape index (κ1) is 7.21. The lowest BCUT2D eigenvalue weighted by molar-refractivity contribution is -0.119. The summed E-state index contributed by atoms with van der Waals surface area (Å²) in [5, 5.41) is 2.68. The molecule has 10 heavy (non-hydrogen) atoms. The normalized spacial score (nSPS) is 9.30. The van der Waals surface area contributed by atoms with Gasteiger partial charge in [0.15, 0.2) is 0 Å². The molecule has 1 heterocycles. The van der Waals surface area contributed by atoms with Crippen LogP contribution in [0.3, 0.4) is 0 Å². The van der Waals surface area contributed by atoms with Crippen molar-refractivity contribution in [1.82, 2.24) is 10.3 Å². The maximum Gasteiger partial charge on any atom is 0.217 e. The minimum Gasteiger partial charge on any atom is -0.351 e. The van der Waals surface area contributed by atoms with Crippen LogP contribution in [-0.2, 0) is 11.3 Å². The summed E-state index contributed by atoms with van der Waals surface area (Å²) in [5.74, 6) is -0.00611. The molecule has 0 aliphatic carbocycles. The first-order valence-corrected chi connectivity index (χ1v) is 3.79. The second-order valence-corrected chi connectivity index (χ2v) is 2.85. The summed E-state index contributed by atoms with van der Waals surface area (Å²) in [6.07, 6.45) is 1.75. The monoisotopic (exact) mass is 156 g/mol. The Bertz CT molecular complexity index is 208. The zero-order chi connectivity index (χ0) is 7.40. The van der Waals surface area contributed by atoms with E-state index in [0.29, 0.717) is 6.54 Å². The minimum absolute atomic E-state index is 0.00611. The third-order valence-corrected chi connectivity index (χ3v) is 1.77. The zero-order valence-electron chi connectivity index (χ0n) is 5.63. The number of amides is 1. The second kappa shape index (κ2) is 3.31. The van der Waals surface area contributed by atoms with Gasteiger partial charge >= 0.3 is 0 Å². The van der Waals surface area contributed by atoms with E-state index in [9.17, 15) is 4.79 Å². The first-order valence-electron chi connectivity index (χ1n) is 2.91. The minimum atomic E-state index is -0.00611. The van der Waals surface area contributed by atoms with Crippen molar-refractivity contribution in [1.29, 1.82) is 0 Å². The van der Waals surface area contributed by atoms with Gasteiger partial charge in [-0.15, -0.1) is 11.3 Å². The Morgan fingerprint density at radius 3 is 3.20 bits per heavy atom. The van der Waals surface area contributed by atoms with Crippen molar-refractivity contribution < 1.29 is 4.79 Å². The maximum absolute atomic E-state index is 10.4. The van der Waals surface area contributed by atoms with Crippen LogP contribution in [0.1, 0.15) is 11.8 Å². The number of aromatic nitrogens is 1. The molecule has 1 rings (SSSR count). The number of hydrogen-bond acceptors (Lipinski definition) is 3. The Morgan fingerprint density at radius 2 is 2.70 bits per heavy atom. The van der Waals surface area contributed by atoms with Crippen molar-refractivity contribution in [3.63, 3.8) is 0 Å². The predicted octanol–water partition coefficient (Wildman–Crippen LogP) is 0.779. The van der Waals surface area contributed by atoms with E-state index in [1.54, 1.807) is 11.7 Å². The van der Waals surface area contributed by atoms with Crippen LogP contribution in [0.4, 0.5) is 0 Å². The van der Waals surface area contributed by atoms with Crippen LogP contribution in [-0.4, -0.2) is 10.9 Å². The van der Waals surface area contributed by atoms with Crippen LogP contribution in [0.5, 0.6) is 0 Å². The predicted molar refractivity (Wildman–Crippen MR) is 39.6 cm³/mol. The fourth-order valence-corrected chi connectivity index (χ4v) is 1.08. The Kier molecular flexibility index (Phi) is 2.39. The van der Waals surface area contributed by atoms with E-state index < -0.39 is 0 Å². The molecule has 1 amide bonds. The third-order valence-electron chi connectivity index (χ3n) is 0.995. The Hall–Kier alpha value is -0.900. The number of nitrogens with one attached hydrogen (secondary N) is 1. The van der Waals surface area contributed by atoms with Gasteiger partial charge in [0.2, 0.25) is 5.91 Å². The van der Waals surface area contributed by atoms with Gasteiger partial charge in [-0.2, -0.15) is 0 Å². The lowest BCUT2D eigenvalue weighted by atomic mass is 10.5. The molecule has 0 radical (unpaired) electrons. The summed E-state index contributed by atoms with van der Waals surface area (Å²) in [6.45, 7) is 2.10. The molecule has 1 aromatic heterocycles. The van der Waals surface area contributed by atoms with Crippen molar-refractivity contribution in [3.05, 3.63) is 16.6 Å². The van der Waals surface area contributed by atoms with Crippen molar-refractivity contribution in [2.24, 2.45) is 0 Å². The van der Waals surface area contributed by atoms with Gasteiger partial charge in [0.1, 0.15) is 0 Å². The van der Waals surface area contributed by atoms with Gasteiger partial charge in [-0.05, 0) is 0 Å². The van der Waals surface area contributed by atoms with E-state index >= 15 is 0 Å². The smallest absolute Gasteiger partial charge is 0.217 e. The van der Waals surface area contributed by atoms with Crippen LogP contribution in [0.2, 0.25) is 0 Å². The molecule has 3 nitrogen and oxygen atoms in total. The number of nitrogens with zero attached hydrogens (tertiary/aromatic N) is 1. The van der Waals surface area contributed by atoms with E-state index in [-0.39, 0.29) is 5.91 Å². The lowest BCUT2D eigenvalue weighted by Crippen LogP contribution is -2.18. The third kappa shape index (κ3) is 2.14. The quantitative estimate of drug-likeness (QED) is 0.687. The van der Waals surface area contributed by atoms with Gasteiger partial charge in [-0.3, -0.25) is 9.78 Å². The number of thiazole rings is 1. The molecule has 1 aromatic rings. The molecule has 4 heteroatoms. The van der Waals surface area contributed by atoms with Gasteiger partial charge in [-0.1, -0.05) is 0 Å². The average Bonchev–Trinajstić information content (AvgIpc) is 2.34. The van der Waals surface area contributed by atoms with Crippen LogP contribution in [0, 0.1) is 0 Å². The zero-order valence-corrected chi connectivity index (χ0v) is 6.44. The molecular weight excluding hydrogens is 148 g/mol. The number of hydrogen-bond donors (Lipinski definition) is 1. The standard InChI is InChI=1S/C6H8N2OS/c1-5(9)8-3-6-2-7-4-10-6/h2,4H,3H2,1H3,(H,8,9). The molecule has 0 aliphatic heterocycles. The first-order chi connectivity index (χ1) is 4.79. The maximum atomic E-state index is 10.4. The summed E-state index contributed by atoms with van der Waals surface area (Å²) in [4.78, 5) is 15.4. The molecule has 0 spiro atoms. The van der Waals surface area contributed by atoms with E-state index in [0.717, 1.165) is 4.88 Å². The van der Waals surface area contributed by atoms with Gasteiger partial charge in [0.05, 0.1) is 12.1 Å². The SMILES string of the molecule is CC(=O)NCc1cncs1. The van der Waals surface area contributed by atoms with Gasteiger partial charge in [0, 0.05) is 18.0 Å². The van der Waals surface area contributed by atoms with Crippen LogP contribution < -0.4 is 5.32 Å². The van der Waals surface area contributed by atoms with E-state index in [4.69, 9.17) is 0 Å². The van der Waals surface area contributed by atoms with Gasteiger partial charge < -0.3 is 5.32 Å². The van der Waals surface area contributed by atoms with Crippen LogP contribution in [0.25, 0.3) is 0 Å². The van der Waals surface area contributed by atoms with Crippen molar-refractivity contribution in [3.8, 4) is 0 Å². The highest BCUT2D eigenvalue weighted by Crippen LogP contribution is 2.03. The van der Waals surface area contributed by atoms with Crippen molar-refractivity contribution in [2.45, 2.75) is 13.5 Å². The van der Waals surface area contributed by atoms with Gasteiger partial charge in [-0.25, -0.2) is 0 Å². The van der Waals surface area contributed by atoms with Crippen LogP contribution >= 0.6 is 11.3 Å². The summed E-state index contributed by atoms with van der Waals surface area (Å²) in [7, 11) is 0. The fourth-order valence-electron chi connectivity index (χ4n) is 0.541. The molecule has 0 atom stereocenters. The summed E-state index contributed by atoms with van der Waals surface area (Å²) in [6, 6.07) is 0. The Labute approximate surface area is 63.1 Å². The largest absolute Gasteiger partial charge is 0.351 e. The molecular formula is C6H8N2OS. The summed E-state index contributed by atoms with van der Waals surface area (Å²) >= 11 is 1.54. The summed E-state index contributed by atoms with van der Waals surface area (Å²) < 4.78 is 0. The number of carbonyl (C=O) groups is 1. The fraction of sp³-hybridized carbons (Fsp3) is 0.333. The molecule has 0 bridgehead atoms. The highest BCUT2D eigenvalue weighted by atomic mass is 32.1. The van der Waals surface area contributed by atoms with Crippen LogP contribution in [0.15, 0.2) is 11.7 Å². The van der Waals surface area contributed by atoms with Crippen molar-refractivity contribution >= 4 is 17.2 Å². The highest BCUT2D eigenvalue weighted by molar-refractivity contribution is 7.09. The molecule has 0 saturated carbocycles. The molecule has 54 valence electrons. The van der Waals surface area contributed by atoms with Crippen molar-refractivity contribution in [2.75, 3.05) is 0 Å². The molecule has 1 N–H and O–H groups in total. The molecule has 0 fully saturated rings. The van der Waals surface area contributed by atoms with E-state index in [1.807, 2.05) is 0 Å². The molecule has 0 saturated heterocycles. The Balaban J connectivity index is 2.35. The van der Waals surface area contributed by atoms with E-state index in [2.05, 4.69) is 10.3 Å². The summed E-state index contributed by atoms with van der Waals surface area (Å²) in [5.41, 5.74) is 1.75. The average molecular weight is 156 g/mol. The highest BCUT2D eigenvalue weighted by Gasteiger charge is 1.93. The number of carbonyl (C=O) groups excluding carboxylic acids is 1. The Morgan fingerprint density at radius 1 is 1.90 bits per heavy atom. The topological polar surface area (TPSA) is 42.0 Å². The van der Waals surface area contributed by atoms with Gasteiger partial charge in [0.25, 0.3) is 0 Å². The van der Waals surface area contributed by atoms with E-state index in [1.165, 1.54) is 18.3 Å². The lowest BCUT2D eigenvalue weighted by Gasteiger charge is -1.95. The second-order valence-electron chi connectivity index (χ2n) is 1.88. The molecule has 0 unspecified atom stereocenters. The number of rotatable bonds is 2.